The number of hydrogen-bond donors (Lipinski definition) is 2. The first-order chi connectivity index (χ1) is 10.0. The van der Waals surface area contributed by atoms with Gasteiger partial charge in [-0.25, -0.2) is 4.39 Å². The molecule has 0 fully saturated rings. The summed E-state index contributed by atoms with van der Waals surface area (Å²) in [6, 6.07) is 14.0. The van der Waals surface area contributed by atoms with E-state index in [0.29, 0.717) is 13.1 Å². The van der Waals surface area contributed by atoms with Crippen LogP contribution in [0.1, 0.15) is 5.56 Å². The zero-order chi connectivity index (χ0) is 15.2. The van der Waals surface area contributed by atoms with Crippen molar-refractivity contribution in [2.75, 3.05) is 18.9 Å². The van der Waals surface area contributed by atoms with Crippen molar-refractivity contribution in [3.63, 3.8) is 0 Å². The molecule has 2 aromatic rings. The van der Waals surface area contributed by atoms with Crippen molar-refractivity contribution in [1.82, 2.24) is 0 Å². The monoisotopic (exact) mass is 399 g/mol. The third kappa shape index (κ3) is 5.43. The average Bonchev–Trinajstić information content (AvgIpc) is 2.44. The molecule has 2 N–H and O–H groups in total. The van der Waals surface area contributed by atoms with Crippen molar-refractivity contribution in [3.05, 3.63) is 63.5 Å². The molecule has 110 valence electrons. The standard InChI is InChI=1S/C16H16FIN2O/c1-20(10-12-2-4-13(17)5-3-12)11-16(21)19-15-8-6-14(18)7-9-15/h2-9H,10-11H2,1H3,(H,19,21)/p+1. The molecule has 2 rings (SSSR count). The lowest BCUT2D eigenvalue weighted by Crippen LogP contribution is -3.08. The number of hydrogen-bond acceptors (Lipinski definition) is 1. The van der Waals surface area contributed by atoms with Crippen molar-refractivity contribution in [1.29, 1.82) is 0 Å². The predicted molar refractivity (Wildman–Crippen MR) is 89.6 cm³/mol. The fourth-order valence-corrected chi connectivity index (χ4v) is 2.39. The molecule has 0 heterocycles. The van der Waals surface area contributed by atoms with Crippen LogP contribution in [0, 0.1) is 9.39 Å². The average molecular weight is 399 g/mol. The lowest BCUT2D eigenvalue weighted by atomic mass is 10.2. The number of rotatable bonds is 5. The van der Waals surface area contributed by atoms with Gasteiger partial charge in [0, 0.05) is 14.8 Å². The van der Waals surface area contributed by atoms with Gasteiger partial charge in [0.05, 0.1) is 7.05 Å². The molecular weight excluding hydrogens is 382 g/mol. The Morgan fingerprint density at radius 2 is 1.76 bits per heavy atom. The number of nitrogens with one attached hydrogen (secondary N) is 2. The predicted octanol–water partition coefficient (Wildman–Crippen LogP) is 2.08. The van der Waals surface area contributed by atoms with Gasteiger partial charge in [0.15, 0.2) is 6.54 Å². The highest BCUT2D eigenvalue weighted by molar-refractivity contribution is 14.1. The Morgan fingerprint density at radius 3 is 2.38 bits per heavy atom. The molecule has 3 nitrogen and oxygen atoms in total. The van der Waals surface area contributed by atoms with Gasteiger partial charge in [-0.3, -0.25) is 4.79 Å². The molecule has 0 saturated carbocycles. The van der Waals surface area contributed by atoms with Gasteiger partial charge < -0.3 is 10.2 Å². The van der Waals surface area contributed by atoms with Crippen LogP contribution < -0.4 is 10.2 Å². The molecule has 0 aromatic heterocycles. The normalized spacial score (nSPS) is 12.0. The van der Waals surface area contributed by atoms with E-state index in [1.54, 1.807) is 12.1 Å². The zero-order valence-corrected chi connectivity index (χ0v) is 13.9. The van der Waals surface area contributed by atoms with E-state index in [2.05, 4.69) is 27.9 Å². The second-order valence-corrected chi connectivity index (χ2v) is 6.24. The van der Waals surface area contributed by atoms with Gasteiger partial charge >= 0.3 is 0 Å². The molecule has 0 aliphatic carbocycles. The second kappa shape index (κ2) is 7.51. The summed E-state index contributed by atoms with van der Waals surface area (Å²) >= 11 is 2.22. The lowest BCUT2D eigenvalue weighted by Gasteiger charge is -2.14. The van der Waals surface area contributed by atoms with Crippen LogP contribution >= 0.6 is 22.6 Å². The Labute approximate surface area is 137 Å². The van der Waals surface area contributed by atoms with Crippen LogP contribution in [0.2, 0.25) is 0 Å². The van der Waals surface area contributed by atoms with Gasteiger partial charge in [0.25, 0.3) is 5.91 Å². The molecule has 1 unspecified atom stereocenters. The van der Waals surface area contributed by atoms with E-state index in [9.17, 15) is 9.18 Å². The molecular formula is C16H17FIN2O+. The molecule has 1 atom stereocenters. The highest BCUT2D eigenvalue weighted by Gasteiger charge is 2.10. The number of halogens is 2. The maximum atomic E-state index is 12.8. The largest absolute Gasteiger partial charge is 0.326 e. The summed E-state index contributed by atoms with van der Waals surface area (Å²) in [6.45, 7) is 1.05. The number of quaternary nitrogens is 1. The number of carbonyl (C=O) groups is 1. The van der Waals surface area contributed by atoms with E-state index in [1.807, 2.05) is 31.3 Å². The van der Waals surface area contributed by atoms with Crippen LogP contribution in [0.15, 0.2) is 48.5 Å². The molecule has 2 aromatic carbocycles. The number of benzene rings is 2. The number of carbonyl (C=O) groups excluding carboxylic acids is 1. The van der Waals surface area contributed by atoms with Gasteiger partial charge in [-0.2, -0.15) is 0 Å². The molecule has 0 aliphatic heterocycles. The van der Waals surface area contributed by atoms with Crippen molar-refractivity contribution >= 4 is 34.2 Å². The van der Waals surface area contributed by atoms with Gasteiger partial charge in [-0.15, -0.1) is 0 Å². The third-order valence-electron chi connectivity index (χ3n) is 3.01. The maximum Gasteiger partial charge on any atom is 0.279 e. The first-order valence-electron chi connectivity index (χ1n) is 6.64. The van der Waals surface area contributed by atoms with Crippen LogP contribution in [0.5, 0.6) is 0 Å². The summed E-state index contributed by atoms with van der Waals surface area (Å²) in [5.41, 5.74) is 1.81. The summed E-state index contributed by atoms with van der Waals surface area (Å²) in [4.78, 5) is 13.0. The first kappa shape index (κ1) is 15.9. The Morgan fingerprint density at radius 1 is 1.14 bits per heavy atom. The Balaban J connectivity index is 1.84. The van der Waals surface area contributed by atoms with E-state index in [1.165, 1.54) is 12.1 Å². The minimum absolute atomic E-state index is 0.0316. The number of anilines is 1. The number of likely N-dealkylation sites (N-methyl/N-ethyl adjacent to an activating group) is 1. The molecule has 0 spiro atoms. The van der Waals surface area contributed by atoms with E-state index < -0.39 is 0 Å². The lowest BCUT2D eigenvalue weighted by molar-refractivity contribution is -0.885. The van der Waals surface area contributed by atoms with Crippen LogP contribution in [0.4, 0.5) is 10.1 Å². The van der Waals surface area contributed by atoms with E-state index >= 15 is 0 Å². The topological polar surface area (TPSA) is 33.5 Å². The quantitative estimate of drug-likeness (QED) is 0.742. The van der Waals surface area contributed by atoms with Crippen LogP contribution in [-0.2, 0) is 11.3 Å². The zero-order valence-electron chi connectivity index (χ0n) is 11.7. The summed E-state index contributed by atoms with van der Waals surface area (Å²) in [5.74, 6) is -0.274. The van der Waals surface area contributed by atoms with Crippen LogP contribution in [-0.4, -0.2) is 19.5 Å². The van der Waals surface area contributed by atoms with E-state index in [-0.39, 0.29) is 11.7 Å². The van der Waals surface area contributed by atoms with E-state index in [4.69, 9.17) is 0 Å². The summed E-state index contributed by atoms with van der Waals surface area (Å²) in [7, 11) is 1.94. The molecule has 0 radical (unpaired) electrons. The maximum absolute atomic E-state index is 12.8. The van der Waals surface area contributed by atoms with Crippen molar-refractivity contribution in [2.45, 2.75) is 6.54 Å². The van der Waals surface area contributed by atoms with Crippen LogP contribution in [0.3, 0.4) is 0 Å². The Bertz CT molecular complexity index is 599. The SMILES string of the molecule is C[NH+](CC(=O)Nc1ccc(I)cc1)Cc1ccc(F)cc1. The molecule has 0 bridgehead atoms. The Hall–Kier alpha value is -1.47. The molecule has 0 saturated heterocycles. The molecule has 1 amide bonds. The summed E-state index contributed by atoms with van der Waals surface area (Å²) in [5, 5.41) is 2.87. The smallest absolute Gasteiger partial charge is 0.279 e. The number of amides is 1. The summed E-state index contributed by atoms with van der Waals surface area (Å²) < 4.78 is 14.0. The van der Waals surface area contributed by atoms with Crippen molar-refractivity contribution in [3.8, 4) is 0 Å². The second-order valence-electron chi connectivity index (χ2n) is 4.99. The highest BCUT2D eigenvalue weighted by atomic mass is 127. The fraction of sp³-hybridized carbons (Fsp3) is 0.188. The van der Waals surface area contributed by atoms with E-state index in [0.717, 1.165) is 19.7 Å². The molecule has 0 aliphatic rings. The fourth-order valence-electron chi connectivity index (χ4n) is 2.03. The minimum atomic E-state index is -0.243. The van der Waals surface area contributed by atoms with Gasteiger partial charge in [0.2, 0.25) is 0 Å². The molecule has 5 heteroatoms. The first-order valence-corrected chi connectivity index (χ1v) is 7.72. The third-order valence-corrected chi connectivity index (χ3v) is 3.73. The highest BCUT2D eigenvalue weighted by Crippen LogP contribution is 2.10. The molecule has 21 heavy (non-hydrogen) atoms. The minimum Gasteiger partial charge on any atom is -0.326 e. The van der Waals surface area contributed by atoms with Crippen LogP contribution in [0.25, 0.3) is 0 Å². The van der Waals surface area contributed by atoms with Gasteiger partial charge in [0.1, 0.15) is 12.4 Å². The van der Waals surface area contributed by atoms with Crippen molar-refractivity contribution in [2.24, 2.45) is 0 Å². The van der Waals surface area contributed by atoms with Crippen molar-refractivity contribution < 1.29 is 14.1 Å². The summed E-state index contributed by atoms with van der Waals surface area (Å²) in [6.07, 6.45) is 0. The van der Waals surface area contributed by atoms with Gasteiger partial charge in [-0.05, 0) is 59.0 Å². The van der Waals surface area contributed by atoms with Gasteiger partial charge in [-0.1, -0.05) is 12.1 Å². The Kier molecular flexibility index (Phi) is 5.69.